The molecule has 0 aliphatic rings. The van der Waals surface area contributed by atoms with Gasteiger partial charge in [0.05, 0.1) is 5.69 Å². The van der Waals surface area contributed by atoms with Crippen LogP contribution in [0.2, 0.25) is 0 Å². The van der Waals surface area contributed by atoms with E-state index in [-0.39, 0.29) is 18.1 Å². The summed E-state index contributed by atoms with van der Waals surface area (Å²) in [5.41, 5.74) is 10.9. The van der Waals surface area contributed by atoms with Gasteiger partial charge in [0.1, 0.15) is 5.82 Å². The molecular weight excluding hydrogens is 185 g/mol. The van der Waals surface area contributed by atoms with E-state index in [1.165, 1.54) is 24.3 Å². The van der Waals surface area contributed by atoms with E-state index < -0.39 is 0 Å². The molecule has 4 nitrogen and oxygen atoms in total. The third-order valence-corrected chi connectivity index (χ3v) is 1.56. The number of halogens is 1. The number of benzene rings is 1. The number of amides is 1. The summed E-state index contributed by atoms with van der Waals surface area (Å²) in [4.78, 5) is 11.0. The minimum atomic E-state index is -0.316. The van der Waals surface area contributed by atoms with Gasteiger partial charge in [0, 0.05) is 13.0 Å². The summed E-state index contributed by atoms with van der Waals surface area (Å²) in [6.45, 7) is 0.303. The van der Waals surface area contributed by atoms with Crippen LogP contribution in [0, 0.1) is 5.82 Å². The summed E-state index contributed by atoms with van der Waals surface area (Å²) in [5.74, 6) is -0.513. The molecule has 0 bridgehead atoms. The predicted molar refractivity (Wildman–Crippen MR) is 51.8 cm³/mol. The van der Waals surface area contributed by atoms with Gasteiger partial charge in [-0.05, 0) is 24.3 Å². The van der Waals surface area contributed by atoms with Crippen LogP contribution in [-0.4, -0.2) is 12.5 Å². The van der Waals surface area contributed by atoms with Gasteiger partial charge in [0.15, 0.2) is 0 Å². The number of nitrogens with two attached hydrogens (primary N) is 1. The molecule has 0 aliphatic heterocycles. The van der Waals surface area contributed by atoms with Crippen LogP contribution in [0.4, 0.5) is 10.1 Å². The molecule has 1 rings (SSSR count). The van der Waals surface area contributed by atoms with E-state index in [0.29, 0.717) is 12.2 Å². The highest BCUT2D eigenvalue weighted by molar-refractivity contribution is 5.77. The van der Waals surface area contributed by atoms with Crippen molar-refractivity contribution in [2.45, 2.75) is 6.42 Å². The Morgan fingerprint density at radius 3 is 2.57 bits per heavy atom. The molecule has 0 spiro atoms. The number of hydrazine groups is 1. The molecule has 0 aromatic heterocycles. The van der Waals surface area contributed by atoms with Crippen molar-refractivity contribution in [3.8, 4) is 0 Å². The van der Waals surface area contributed by atoms with Gasteiger partial charge in [0.25, 0.3) is 0 Å². The molecule has 5 heteroatoms. The molecule has 4 N–H and O–H groups in total. The lowest BCUT2D eigenvalue weighted by Crippen LogP contribution is -2.30. The summed E-state index contributed by atoms with van der Waals surface area (Å²) < 4.78 is 12.5. The first-order valence-electron chi connectivity index (χ1n) is 4.23. The van der Waals surface area contributed by atoms with Crippen LogP contribution in [0.5, 0.6) is 0 Å². The topological polar surface area (TPSA) is 67.2 Å². The van der Waals surface area contributed by atoms with E-state index in [4.69, 9.17) is 5.73 Å². The molecule has 0 fully saturated rings. The van der Waals surface area contributed by atoms with Gasteiger partial charge >= 0.3 is 0 Å². The van der Waals surface area contributed by atoms with Gasteiger partial charge in [-0.3, -0.25) is 15.6 Å². The van der Waals surface area contributed by atoms with Crippen molar-refractivity contribution < 1.29 is 9.18 Å². The van der Waals surface area contributed by atoms with E-state index in [1.54, 1.807) is 0 Å². The van der Waals surface area contributed by atoms with Gasteiger partial charge < -0.3 is 5.73 Å². The van der Waals surface area contributed by atoms with Crippen LogP contribution in [-0.2, 0) is 4.79 Å². The summed E-state index contributed by atoms with van der Waals surface area (Å²) >= 11 is 0. The number of hydrogen-bond donors (Lipinski definition) is 3. The number of anilines is 1. The number of hydrogen-bond acceptors (Lipinski definition) is 3. The zero-order chi connectivity index (χ0) is 10.4. The summed E-state index contributed by atoms with van der Waals surface area (Å²) in [6, 6.07) is 5.66. The van der Waals surface area contributed by atoms with Crippen LogP contribution < -0.4 is 16.6 Å². The number of carbonyl (C=O) groups is 1. The maximum Gasteiger partial charge on any atom is 0.239 e. The molecular formula is C9H12FN3O. The van der Waals surface area contributed by atoms with E-state index in [1.807, 2.05) is 0 Å². The molecule has 1 amide bonds. The van der Waals surface area contributed by atoms with Crippen molar-refractivity contribution in [2.75, 3.05) is 12.0 Å². The SMILES string of the molecule is NCCC(=O)NNc1ccc(F)cc1. The predicted octanol–water partition coefficient (Wildman–Crippen LogP) is 0.618. The molecule has 14 heavy (non-hydrogen) atoms. The van der Waals surface area contributed by atoms with E-state index in [9.17, 15) is 9.18 Å². The van der Waals surface area contributed by atoms with Crippen molar-refractivity contribution in [3.63, 3.8) is 0 Å². The molecule has 0 unspecified atom stereocenters. The first-order valence-corrected chi connectivity index (χ1v) is 4.23. The Bertz CT molecular complexity index is 299. The Morgan fingerprint density at radius 1 is 1.36 bits per heavy atom. The Hall–Kier alpha value is -1.62. The Labute approximate surface area is 81.3 Å². The maximum absolute atomic E-state index is 12.5. The minimum Gasteiger partial charge on any atom is -0.330 e. The summed E-state index contributed by atoms with van der Waals surface area (Å²) in [6.07, 6.45) is 0.258. The van der Waals surface area contributed by atoms with Gasteiger partial charge in [-0.15, -0.1) is 0 Å². The summed E-state index contributed by atoms with van der Waals surface area (Å²) in [5, 5.41) is 0. The van der Waals surface area contributed by atoms with Gasteiger partial charge in [-0.25, -0.2) is 4.39 Å². The van der Waals surface area contributed by atoms with Gasteiger partial charge in [-0.2, -0.15) is 0 Å². The lowest BCUT2D eigenvalue weighted by Gasteiger charge is -2.07. The molecule has 0 heterocycles. The maximum atomic E-state index is 12.5. The number of carbonyl (C=O) groups excluding carboxylic acids is 1. The standard InChI is InChI=1S/C9H12FN3O/c10-7-1-3-8(4-2-7)12-13-9(14)5-6-11/h1-4,12H,5-6,11H2,(H,13,14). The van der Waals surface area contributed by atoms with Crippen molar-refractivity contribution in [2.24, 2.45) is 5.73 Å². The van der Waals surface area contributed by atoms with E-state index >= 15 is 0 Å². The smallest absolute Gasteiger partial charge is 0.239 e. The quantitative estimate of drug-likeness (QED) is 0.620. The molecule has 0 aliphatic carbocycles. The molecule has 76 valence electrons. The van der Waals surface area contributed by atoms with E-state index in [2.05, 4.69) is 10.9 Å². The van der Waals surface area contributed by atoms with Crippen LogP contribution in [0.15, 0.2) is 24.3 Å². The Balaban J connectivity index is 2.38. The van der Waals surface area contributed by atoms with Gasteiger partial charge in [-0.1, -0.05) is 0 Å². The van der Waals surface area contributed by atoms with Gasteiger partial charge in [0.2, 0.25) is 5.91 Å². The second-order valence-corrected chi connectivity index (χ2v) is 2.72. The van der Waals surface area contributed by atoms with Crippen molar-refractivity contribution in [3.05, 3.63) is 30.1 Å². The number of rotatable bonds is 4. The molecule has 1 aromatic carbocycles. The third-order valence-electron chi connectivity index (χ3n) is 1.56. The molecule has 1 aromatic rings. The highest BCUT2D eigenvalue weighted by Crippen LogP contribution is 2.06. The van der Waals surface area contributed by atoms with Crippen LogP contribution >= 0.6 is 0 Å². The highest BCUT2D eigenvalue weighted by atomic mass is 19.1. The largest absolute Gasteiger partial charge is 0.330 e. The van der Waals surface area contributed by atoms with Crippen LogP contribution in [0.1, 0.15) is 6.42 Å². The normalized spacial score (nSPS) is 9.57. The molecule has 0 saturated carbocycles. The van der Waals surface area contributed by atoms with Crippen LogP contribution in [0.3, 0.4) is 0 Å². The lowest BCUT2D eigenvalue weighted by atomic mass is 10.3. The minimum absolute atomic E-state index is 0.197. The van der Waals surface area contributed by atoms with Crippen molar-refractivity contribution >= 4 is 11.6 Å². The second kappa shape index (κ2) is 5.18. The zero-order valence-electron chi connectivity index (χ0n) is 7.59. The average Bonchev–Trinajstić information content (AvgIpc) is 2.17. The molecule has 0 atom stereocenters. The Kier molecular flexibility index (Phi) is 3.87. The third kappa shape index (κ3) is 3.40. The average molecular weight is 197 g/mol. The number of nitrogens with one attached hydrogen (secondary N) is 2. The fourth-order valence-electron chi connectivity index (χ4n) is 0.869. The van der Waals surface area contributed by atoms with Crippen LogP contribution in [0.25, 0.3) is 0 Å². The van der Waals surface area contributed by atoms with E-state index in [0.717, 1.165) is 0 Å². The monoisotopic (exact) mass is 197 g/mol. The van der Waals surface area contributed by atoms with Crippen molar-refractivity contribution in [1.29, 1.82) is 0 Å². The second-order valence-electron chi connectivity index (χ2n) is 2.72. The Morgan fingerprint density at radius 2 is 2.00 bits per heavy atom. The van der Waals surface area contributed by atoms with Crippen molar-refractivity contribution in [1.82, 2.24) is 5.43 Å². The highest BCUT2D eigenvalue weighted by Gasteiger charge is 1.97. The fraction of sp³-hybridized carbons (Fsp3) is 0.222. The molecule has 0 radical (unpaired) electrons. The zero-order valence-corrected chi connectivity index (χ0v) is 7.59. The lowest BCUT2D eigenvalue weighted by molar-refractivity contribution is -0.120. The first kappa shape index (κ1) is 10.5. The first-order chi connectivity index (χ1) is 6.72. The summed E-state index contributed by atoms with van der Waals surface area (Å²) in [7, 11) is 0. The fourth-order valence-corrected chi connectivity index (χ4v) is 0.869. The molecule has 0 saturated heterocycles.